The first-order valence-corrected chi connectivity index (χ1v) is 8.98. The molecule has 0 aliphatic carbocycles. The molecule has 30 heavy (non-hydrogen) atoms. The number of halogens is 1. The lowest BCUT2D eigenvalue weighted by molar-refractivity contribution is -0.384. The van der Waals surface area contributed by atoms with Crippen LogP contribution in [0, 0.1) is 15.9 Å². The van der Waals surface area contributed by atoms with Crippen molar-refractivity contribution in [1.82, 2.24) is 10.0 Å². The van der Waals surface area contributed by atoms with Crippen molar-refractivity contribution in [2.45, 2.75) is 19.3 Å². The second-order valence-corrected chi connectivity index (χ2v) is 6.55. The summed E-state index contributed by atoms with van der Waals surface area (Å²) >= 11 is 0. The Morgan fingerprint density at radius 3 is 2.27 bits per heavy atom. The minimum atomic E-state index is -0.919. The predicted octanol–water partition coefficient (Wildman–Crippen LogP) is 2.51. The minimum Gasteiger partial charge on any atom is -0.292 e. The number of hydrogen-bond acceptors (Lipinski definition) is 6. The fourth-order valence-electron chi connectivity index (χ4n) is 3.01. The third kappa shape index (κ3) is 4.37. The molecular weight excluding hydrogens is 397 g/mol. The Morgan fingerprint density at radius 2 is 1.67 bits per heavy atom. The lowest BCUT2D eigenvalue weighted by atomic mass is 10.1. The van der Waals surface area contributed by atoms with E-state index in [1.54, 1.807) is 0 Å². The van der Waals surface area contributed by atoms with Gasteiger partial charge < -0.3 is 0 Å². The zero-order valence-electron chi connectivity index (χ0n) is 15.6. The molecule has 2 aromatic rings. The minimum absolute atomic E-state index is 0.00912. The number of nitro groups is 1. The summed E-state index contributed by atoms with van der Waals surface area (Å²) in [5, 5.41) is 12.3. The highest BCUT2D eigenvalue weighted by atomic mass is 19.1. The first-order chi connectivity index (χ1) is 14.3. The second-order valence-electron chi connectivity index (χ2n) is 6.55. The van der Waals surface area contributed by atoms with Crippen molar-refractivity contribution in [3.8, 4) is 0 Å². The van der Waals surface area contributed by atoms with Crippen LogP contribution >= 0.6 is 0 Å². The summed E-state index contributed by atoms with van der Waals surface area (Å²) in [7, 11) is 0. The Balaban J connectivity index is 1.97. The number of amides is 3. The Morgan fingerprint density at radius 1 is 1.03 bits per heavy atom. The molecule has 0 radical (unpaired) electrons. The average molecular weight is 413 g/mol. The Kier molecular flexibility index (Phi) is 5.95. The summed E-state index contributed by atoms with van der Waals surface area (Å²) in [6.45, 7) is -0.676. The number of benzene rings is 2. The maximum atomic E-state index is 13.1. The highest BCUT2D eigenvalue weighted by molar-refractivity contribution is 6.06. The van der Waals surface area contributed by atoms with Gasteiger partial charge in [-0.25, -0.2) is 9.40 Å². The van der Waals surface area contributed by atoms with Gasteiger partial charge in [0.1, 0.15) is 12.4 Å². The number of non-ortho nitro benzene ring substituents is 1. The monoisotopic (exact) mass is 413 g/mol. The summed E-state index contributed by atoms with van der Waals surface area (Å²) < 4.78 is 13.1. The molecule has 0 spiro atoms. The van der Waals surface area contributed by atoms with E-state index in [4.69, 9.17) is 0 Å². The molecule has 0 saturated carbocycles. The van der Waals surface area contributed by atoms with Crippen molar-refractivity contribution in [1.29, 1.82) is 0 Å². The van der Waals surface area contributed by atoms with E-state index in [1.165, 1.54) is 30.3 Å². The maximum Gasteiger partial charge on any atom is 0.273 e. The number of imide groups is 1. The topological polar surface area (TPSA) is 118 Å². The number of piperidine rings is 1. The van der Waals surface area contributed by atoms with Gasteiger partial charge in [-0.1, -0.05) is 6.07 Å². The number of carbonyl (C=O) groups is 4. The van der Waals surface area contributed by atoms with Crippen LogP contribution < -0.4 is 0 Å². The van der Waals surface area contributed by atoms with Gasteiger partial charge in [0.15, 0.2) is 5.78 Å². The summed E-state index contributed by atoms with van der Waals surface area (Å²) in [6, 6.07) is 9.31. The highest BCUT2D eigenvalue weighted by Crippen LogP contribution is 2.20. The van der Waals surface area contributed by atoms with Crippen molar-refractivity contribution in [2.75, 3.05) is 6.54 Å². The molecular formula is C20H16FN3O6. The number of nitrogens with zero attached hydrogens (tertiary/aromatic N) is 3. The molecule has 0 unspecified atom stereocenters. The van der Waals surface area contributed by atoms with Crippen molar-refractivity contribution >= 4 is 29.2 Å². The van der Waals surface area contributed by atoms with Crippen LogP contribution in [-0.2, 0) is 9.59 Å². The van der Waals surface area contributed by atoms with Crippen LogP contribution in [0.1, 0.15) is 40.0 Å². The van der Waals surface area contributed by atoms with Crippen LogP contribution in [0.25, 0.3) is 0 Å². The van der Waals surface area contributed by atoms with Crippen LogP contribution in [0.15, 0.2) is 48.5 Å². The fraction of sp³-hybridized carbons (Fsp3) is 0.200. The van der Waals surface area contributed by atoms with E-state index in [0.717, 1.165) is 18.2 Å². The standard InChI is InChI=1S/C20H16FN3O6/c21-15-9-7-13(8-10-15)17(25)12-22(23-18(26)5-2-6-19(23)27)20(28)14-3-1-4-16(11-14)24(29)30/h1,3-4,7-11H,2,5-6,12H2. The van der Waals surface area contributed by atoms with Gasteiger partial charge in [0.25, 0.3) is 11.6 Å². The molecule has 3 amide bonds. The van der Waals surface area contributed by atoms with Crippen molar-refractivity contribution in [3.63, 3.8) is 0 Å². The SMILES string of the molecule is O=C(CN(C(=O)c1cccc([N+](=O)[O-])c1)N1C(=O)CCCC1=O)c1ccc(F)cc1. The third-order valence-corrected chi connectivity index (χ3v) is 4.49. The molecule has 1 heterocycles. The van der Waals surface area contributed by atoms with Gasteiger partial charge in [0.2, 0.25) is 11.8 Å². The highest BCUT2D eigenvalue weighted by Gasteiger charge is 2.36. The summed E-state index contributed by atoms with van der Waals surface area (Å²) in [4.78, 5) is 60.8. The number of Topliss-reactive ketones (excluding diaryl/α,β-unsaturated/α-hetero) is 1. The van der Waals surface area contributed by atoms with Crippen molar-refractivity contribution < 1.29 is 28.5 Å². The first-order valence-electron chi connectivity index (χ1n) is 8.98. The molecule has 1 aliphatic heterocycles. The Labute approximate surface area is 169 Å². The number of ketones is 1. The van der Waals surface area contributed by atoms with Crippen LogP contribution in [0.3, 0.4) is 0 Å². The molecule has 9 nitrogen and oxygen atoms in total. The van der Waals surface area contributed by atoms with E-state index in [-0.39, 0.29) is 29.7 Å². The van der Waals surface area contributed by atoms with Crippen molar-refractivity contribution in [3.05, 3.63) is 75.6 Å². The largest absolute Gasteiger partial charge is 0.292 e. The second kappa shape index (κ2) is 8.60. The average Bonchev–Trinajstić information content (AvgIpc) is 2.72. The van der Waals surface area contributed by atoms with Gasteiger partial charge in [0.05, 0.1) is 4.92 Å². The van der Waals surface area contributed by atoms with Crippen LogP contribution in [0.4, 0.5) is 10.1 Å². The molecule has 1 saturated heterocycles. The van der Waals surface area contributed by atoms with E-state index in [2.05, 4.69) is 0 Å². The Hall–Kier alpha value is -3.95. The van der Waals surface area contributed by atoms with Gasteiger partial charge in [-0.05, 0) is 36.8 Å². The molecule has 3 rings (SSSR count). The van der Waals surface area contributed by atoms with Gasteiger partial charge >= 0.3 is 0 Å². The lowest BCUT2D eigenvalue weighted by Gasteiger charge is -2.35. The molecule has 1 fully saturated rings. The van der Waals surface area contributed by atoms with E-state index in [1.807, 2.05) is 0 Å². The van der Waals surface area contributed by atoms with E-state index in [0.29, 0.717) is 16.4 Å². The quantitative estimate of drug-likeness (QED) is 0.311. The molecule has 1 aliphatic rings. The lowest BCUT2D eigenvalue weighted by Crippen LogP contribution is -2.56. The number of rotatable bonds is 6. The molecule has 154 valence electrons. The molecule has 0 N–H and O–H groups in total. The zero-order chi connectivity index (χ0) is 21.8. The summed E-state index contributed by atoms with van der Waals surface area (Å²) in [5.41, 5.74) is -0.450. The Bertz CT molecular complexity index is 1020. The normalized spacial score (nSPS) is 13.8. The van der Waals surface area contributed by atoms with Gasteiger partial charge in [-0.3, -0.25) is 29.3 Å². The smallest absolute Gasteiger partial charge is 0.273 e. The molecule has 0 aromatic heterocycles. The van der Waals surface area contributed by atoms with Crippen LogP contribution in [0.2, 0.25) is 0 Å². The van der Waals surface area contributed by atoms with Gasteiger partial charge in [-0.15, -0.1) is 0 Å². The van der Waals surface area contributed by atoms with Gasteiger partial charge in [0, 0.05) is 36.1 Å². The molecule has 2 aromatic carbocycles. The maximum absolute atomic E-state index is 13.1. The van der Waals surface area contributed by atoms with Crippen LogP contribution in [-0.4, -0.2) is 45.0 Å². The van der Waals surface area contributed by atoms with E-state index in [9.17, 15) is 33.7 Å². The van der Waals surface area contributed by atoms with Gasteiger partial charge in [-0.2, -0.15) is 5.01 Å². The molecule has 0 bridgehead atoms. The number of hydrazine groups is 1. The van der Waals surface area contributed by atoms with E-state index < -0.39 is 40.8 Å². The third-order valence-electron chi connectivity index (χ3n) is 4.49. The molecule has 0 atom stereocenters. The first kappa shape index (κ1) is 20.8. The number of nitro benzene ring substituents is 1. The summed E-state index contributed by atoms with van der Waals surface area (Å²) in [5.74, 6) is -3.43. The van der Waals surface area contributed by atoms with Crippen LogP contribution in [0.5, 0.6) is 0 Å². The molecule has 10 heteroatoms. The summed E-state index contributed by atoms with van der Waals surface area (Å²) in [6.07, 6.45) is 0.337. The number of hydrogen-bond donors (Lipinski definition) is 0. The van der Waals surface area contributed by atoms with Crippen molar-refractivity contribution in [2.24, 2.45) is 0 Å². The van der Waals surface area contributed by atoms with E-state index >= 15 is 0 Å². The zero-order valence-corrected chi connectivity index (χ0v) is 15.6. The number of carbonyl (C=O) groups excluding carboxylic acids is 4. The predicted molar refractivity (Wildman–Crippen MR) is 101 cm³/mol. The fourth-order valence-corrected chi connectivity index (χ4v) is 3.01.